The SMILES string of the molecule is CCc1nc(C(N)c2cc(C)c(C)cc2C)sc1C. The van der Waals surface area contributed by atoms with Crippen LogP contribution in [0, 0.1) is 27.7 Å². The Balaban J connectivity index is 2.43. The van der Waals surface area contributed by atoms with Crippen LogP contribution < -0.4 is 5.73 Å². The lowest BCUT2D eigenvalue weighted by atomic mass is 9.96. The van der Waals surface area contributed by atoms with Gasteiger partial charge in [0.05, 0.1) is 11.7 Å². The Morgan fingerprint density at radius 1 is 1.11 bits per heavy atom. The van der Waals surface area contributed by atoms with Gasteiger partial charge in [-0.1, -0.05) is 19.1 Å². The molecular weight excluding hydrogens is 252 g/mol. The highest BCUT2D eigenvalue weighted by Crippen LogP contribution is 2.29. The summed E-state index contributed by atoms with van der Waals surface area (Å²) in [6.45, 7) is 10.7. The van der Waals surface area contributed by atoms with Crippen molar-refractivity contribution in [3.05, 3.63) is 50.0 Å². The summed E-state index contributed by atoms with van der Waals surface area (Å²) in [5.41, 5.74) is 12.7. The van der Waals surface area contributed by atoms with Crippen molar-refractivity contribution in [1.82, 2.24) is 4.98 Å². The highest BCUT2D eigenvalue weighted by molar-refractivity contribution is 7.11. The number of aromatic nitrogens is 1. The number of aryl methyl sites for hydroxylation is 5. The van der Waals surface area contributed by atoms with E-state index in [1.165, 1.54) is 32.8 Å². The topological polar surface area (TPSA) is 38.9 Å². The lowest BCUT2D eigenvalue weighted by Gasteiger charge is -2.15. The first-order chi connectivity index (χ1) is 8.93. The molecule has 2 N–H and O–H groups in total. The molecule has 0 aliphatic rings. The fourth-order valence-corrected chi connectivity index (χ4v) is 3.39. The molecule has 1 atom stereocenters. The largest absolute Gasteiger partial charge is 0.318 e. The molecule has 0 radical (unpaired) electrons. The Morgan fingerprint density at radius 2 is 1.74 bits per heavy atom. The van der Waals surface area contributed by atoms with Gasteiger partial charge < -0.3 is 5.73 Å². The predicted octanol–water partition coefficient (Wildman–Crippen LogP) is 3.99. The molecule has 0 aliphatic heterocycles. The molecule has 0 spiro atoms. The molecule has 2 rings (SSSR count). The van der Waals surface area contributed by atoms with E-state index in [1.807, 2.05) is 0 Å². The maximum Gasteiger partial charge on any atom is 0.114 e. The van der Waals surface area contributed by atoms with Crippen LogP contribution in [0.25, 0.3) is 0 Å². The molecule has 0 saturated heterocycles. The maximum atomic E-state index is 6.42. The third-order valence-electron chi connectivity index (χ3n) is 3.73. The summed E-state index contributed by atoms with van der Waals surface area (Å²) in [6.07, 6.45) is 0.973. The van der Waals surface area contributed by atoms with Crippen molar-refractivity contribution in [3.63, 3.8) is 0 Å². The van der Waals surface area contributed by atoms with E-state index in [1.54, 1.807) is 11.3 Å². The molecule has 2 aromatic rings. The fourth-order valence-electron chi connectivity index (χ4n) is 2.36. The molecule has 1 unspecified atom stereocenters. The minimum Gasteiger partial charge on any atom is -0.318 e. The van der Waals surface area contributed by atoms with Gasteiger partial charge in [0.1, 0.15) is 5.01 Å². The number of rotatable bonds is 3. The zero-order valence-electron chi connectivity index (χ0n) is 12.4. The molecule has 102 valence electrons. The van der Waals surface area contributed by atoms with Crippen molar-refractivity contribution in [1.29, 1.82) is 0 Å². The second kappa shape index (κ2) is 5.43. The molecule has 1 aromatic carbocycles. The summed E-state index contributed by atoms with van der Waals surface area (Å²) in [6, 6.07) is 4.31. The van der Waals surface area contributed by atoms with Crippen LogP contribution in [0.1, 0.15) is 50.8 Å². The van der Waals surface area contributed by atoms with Gasteiger partial charge in [0, 0.05) is 4.88 Å². The molecule has 0 saturated carbocycles. The van der Waals surface area contributed by atoms with Crippen LogP contribution >= 0.6 is 11.3 Å². The zero-order chi connectivity index (χ0) is 14.2. The smallest absolute Gasteiger partial charge is 0.114 e. The molecular formula is C16H22N2S. The number of nitrogens with two attached hydrogens (primary N) is 1. The summed E-state index contributed by atoms with van der Waals surface area (Å²) in [5.74, 6) is 0. The predicted molar refractivity (Wildman–Crippen MR) is 82.9 cm³/mol. The van der Waals surface area contributed by atoms with E-state index in [4.69, 9.17) is 10.7 Å². The summed E-state index contributed by atoms with van der Waals surface area (Å²) in [7, 11) is 0. The van der Waals surface area contributed by atoms with Gasteiger partial charge in [-0.3, -0.25) is 0 Å². The molecule has 0 bridgehead atoms. The van der Waals surface area contributed by atoms with Crippen LogP contribution in [-0.4, -0.2) is 4.98 Å². The molecule has 0 aliphatic carbocycles. The Bertz CT molecular complexity index is 599. The van der Waals surface area contributed by atoms with Gasteiger partial charge in [-0.2, -0.15) is 0 Å². The molecule has 1 aromatic heterocycles. The number of nitrogens with zero attached hydrogens (tertiary/aromatic N) is 1. The lowest BCUT2D eigenvalue weighted by molar-refractivity contribution is 0.834. The van der Waals surface area contributed by atoms with E-state index in [0.29, 0.717) is 0 Å². The number of hydrogen-bond donors (Lipinski definition) is 1. The van der Waals surface area contributed by atoms with E-state index in [-0.39, 0.29) is 6.04 Å². The van der Waals surface area contributed by atoms with Gasteiger partial charge in [-0.15, -0.1) is 11.3 Å². The highest BCUT2D eigenvalue weighted by Gasteiger charge is 2.17. The first-order valence-corrected chi connectivity index (χ1v) is 7.55. The van der Waals surface area contributed by atoms with Crippen molar-refractivity contribution in [2.45, 2.75) is 47.1 Å². The van der Waals surface area contributed by atoms with Gasteiger partial charge in [0.25, 0.3) is 0 Å². The Labute approximate surface area is 119 Å². The van der Waals surface area contributed by atoms with Crippen molar-refractivity contribution in [2.75, 3.05) is 0 Å². The minimum absolute atomic E-state index is 0.108. The normalized spacial score (nSPS) is 12.7. The molecule has 0 amide bonds. The second-order valence-corrected chi connectivity index (χ2v) is 6.41. The highest BCUT2D eigenvalue weighted by atomic mass is 32.1. The second-order valence-electron chi connectivity index (χ2n) is 5.18. The maximum absolute atomic E-state index is 6.42. The Hall–Kier alpha value is -1.19. The summed E-state index contributed by atoms with van der Waals surface area (Å²) < 4.78 is 0. The Morgan fingerprint density at radius 3 is 2.32 bits per heavy atom. The van der Waals surface area contributed by atoms with Crippen LogP contribution in [0.2, 0.25) is 0 Å². The summed E-state index contributed by atoms with van der Waals surface area (Å²) in [5, 5.41) is 1.03. The fraction of sp³-hybridized carbons (Fsp3) is 0.438. The molecule has 2 nitrogen and oxygen atoms in total. The summed E-state index contributed by atoms with van der Waals surface area (Å²) in [4.78, 5) is 5.98. The summed E-state index contributed by atoms with van der Waals surface area (Å²) >= 11 is 1.72. The molecule has 1 heterocycles. The average Bonchev–Trinajstić information content (AvgIpc) is 2.74. The van der Waals surface area contributed by atoms with E-state index in [9.17, 15) is 0 Å². The monoisotopic (exact) mass is 274 g/mol. The van der Waals surface area contributed by atoms with Crippen LogP contribution in [0.5, 0.6) is 0 Å². The third kappa shape index (κ3) is 2.72. The molecule has 3 heteroatoms. The van der Waals surface area contributed by atoms with Crippen LogP contribution in [0.15, 0.2) is 12.1 Å². The van der Waals surface area contributed by atoms with Gasteiger partial charge in [0.15, 0.2) is 0 Å². The number of benzene rings is 1. The van der Waals surface area contributed by atoms with E-state index in [2.05, 4.69) is 46.8 Å². The molecule has 0 fully saturated rings. The van der Waals surface area contributed by atoms with E-state index in [0.717, 1.165) is 11.4 Å². The molecule has 19 heavy (non-hydrogen) atoms. The number of thiazole rings is 1. The van der Waals surface area contributed by atoms with Crippen molar-refractivity contribution >= 4 is 11.3 Å². The van der Waals surface area contributed by atoms with Crippen molar-refractivity contribution in [3.8, 4) is 0 Å². The Kier molecular flexibility index (Phi) is 4.07. The van der Waals surface area contributed by atoms with E-state index < -0.39 is 0 Å². The third-order valence-corrected chi connectivity index (χ3v) is 4.82. The van der Waals surface area contributed by atoms with E-state index >= 15 is 0 Å². The van der Waals surface area contributed by atoms with Gasteiger partial charge in [-0.05, 0) is 56.4 Å². The van der Waals surface area contributed by atoms with Crippen LogP contribution in [-0.2, 0) is 6.42 Å². The zero-order valence-corrected chi connectivity index (χ0v) is 13.2. The van der Waals surface area contributed by atoms with Gasteiger partial charge in [-0.25, -0.2) is 4.98 Å². The van der Waals surface area contributed by atoms with Gasteiger partial charge >= 0.3 is 0 Å². The first kappa shape index (κ1) is 14.2. The minimum atomic E-state index is -0.108. The lowest BCUT2D eigenvalue weighted by Crippen LogP contribution is -2.13. The standard InChI is InChI=1S/C16H22N2S/c1-6-14-12(5)19-16(18-14)15(17)13-8-10(3)9(2)7-11(13)4/h7-8,15H,6,17H2,1-5H3. The number of hydrogen-bond acceptors (Lipinski definition) is 3. The first-order valence-electron chi connectivity index (χ1n) is 6.73. The van der Waals surface area contributed by atoms with Gasteiger partial charge in [0.2, 0.25) is 0 Å². The van der Waals surface area contributed by atoms with Crippen LogP contribution in [0.3, 0.4) is 0 Å². The average molecular weight is 274 g/mol. The van der Waals surface area contributed by atoms with Crippen molar-refractivity contribution in [2.24, 2.45) is 5.73 Å². The quantitative estimate of drug-likeness (QED) is 0.919. The van der Waals surface area contributed by atoms with Crippen molar-refractivity contribution < 1.29 is 0 Å². The van der Waals surface area contributed by atoms with Crippen LogP contribution in [0.4, 0.5) is 0 Å².